The number of fused-ring (bicyclic) bond motifs is 1. The van der Waals surface area contributed by atoms with Crippen LogP contribution in [0.1, 0.15) is 31.4 Å². The molecular formula is C20H18N4O5S. The Labute approximate surface area is 172 Å². The summed E-state index contributed by atoms with van der Waals surface area (Å²) in [6.07, 6.45) is -0.794. The number of aromatic nitrogens is 2. The van der Waals surface area contributed by atoms with Crippen molar-refractivity contribution in [3.05, 3.63) is 66.1 Å². The van der Waals surface area contributed by atoms with Gasteiger partial charge in [0, 0.05) is 11.1 Å². The van der Waals surface area contributed by atoms with Crippen molar-refractivity contribution in [2.24, 2.45) is 4.99 Å². The lowest BCUT2D eigenvalue weighted by atomic mass is 10.2. The smallest absolute Gasteiger partial charge is 0.331 e. The van der Waals surface area contributed by atoms with Crippen LogP contribution in [-0.4, -0.2) is 36.5 Å². The number of ether oxygens (including phenoxy) is 1. The van der Waals surface area contributed by atoms with Crippen LogP contribution < -0.4 is 4.72 Å². The molecule has 9 nitrogen and oxygen atoms in total. The molecule has 2 atom stereocenters. The first-order valence-electron chi connectivity index (χ1n) is 9.14. The third-order valence-electron chi connectivity index (χ3n) is 4.43. The van der Waals surface area contributed by atoms with Crippen molar-refractivity contribution in [2.75, 3.05) is 0 Å². The summed E-state index contributed by atoms with van der Waals surface area (Å²) in [6, 6.07) is 14.7. The van der Waals surface area contributed by atoms with Gasteiger partial charge in [-0.3, -0.25) is 9.71 Å². The molecule has 1 aromatic heterocycles. The predicted molar refractivity (Wildman–Crippen MR) is 107 cm³/mol. The number of hydrogen-bond donors (Lipinski definition) is 1. The Kier molecular flexibility index (Phi) is 5.08. The fourth-order valence-corrected chi connectivity index (χ4v) is 4.13. The van der Waals surface area contributed by atoms with Gasteiger partial charge in [0.05, 0.1) is 4.90 Å². The van der Waals surface area contributed by atoms with E-state index in [0.29, 0.717) is 11.5 Å². The van der Waals surface area contributed by atoms with Gasteiger partial charge in [-0.1, -0.05) is 30.3 Å². The summed E-state index contributed by atoms with van der Waals surface area (Å²) in [4.78, 5) is 16.8. The Bertz CT molecular complexity index is 1220. The van der Waals surface area contributed by atoms with E-state index in [0.717, 1.165) is 5.56 Å². The van der Waals surface area contributed by atoms with E-state index in [9.17, 15) is 13.2 Å². The highest BCUT2D eigenvalue weighted by Crippen LogP contribution is 2.24. The van der Waals surface area contributed by atoms with Gasteiger partial charge in [-0.2, -0.15) is 0 Å². The molecule has 0 saturated carbocycles. The standard InChI is InChI=1S/C20H18N4O5S/c1-12(21-17-15-10-6-7-11-16(15)30(26,27)24-17)20(25)28-13(2)18-22-23-19(29-18)14-8-4-3-5-9-14/h3-13H,1-2H3,(H,21,24). The average Bonchev–Trinajstić information content (AvgIpc) is 3.32. The molecule has 10 heteroatoms. The molecule has 2 heterocycles. The van der Waals surface area contributed by atoms with Crippen LogP contribution in [0.25, 0.3) is 11.5 Å². The number of amidine groups is 1. The molecule has 0 bridgehead atoms. The normalized spacial score (nSPS) is 17.7. The number of esters is 1. The molecular weight excluding hydrogens is 408 g/mol. The zero-order valence-corrected chi connectivity index (χ0v) is 17.0. The first kappa shape index (κ1) is 19.8. The fourth-order valence-electron chi connectivity index (χ4n) is 2.90. The van der Waals surface area contributed by atoms with Crippen molar-refractivity contribution < 1.29 is 22.4 Å². The van der Waals surface area contributed by atoms with Gasteiger partial charge in [-0.05, 0) is 38.1 Å². The summed E-state index contributed by atoms with van der Waals surface area (Å²) in [5.41, 5.74) is 1.16. The highest BCUT2D eigenvalue weighted by atomic mass is 32.2. The van der Waals surface area contributed by atoms with E-state index in [4.69, 9.17) is 9.15 Å². The molecule has 0 aliphatic carbocycles. The van der Waals surface area contributed by atoms with Crippen LogP contribution in [0.2, 0.25) is 0 Å². The Balaban J connectivity index is 1.47. The number of rotatable bonds is 5. The van der Waals surface area contributed by atoms with Crippen molar-refractivity contribution in [2.45, 2.75) is 30.9 Å². The van der Waals surface area contributed by atoms with E-state index in [-0.39, 0.29) is 16.6 Å². The van der Waals surface area contributed by atoms with Crippen molar-refractivity contribution in [1.29, 1.82) is 0 Å². The molecule has 0 fully saturated rings. The number of nitrogens with one attached hydrogen (secondary N) is 1. The first-order valence-corrected chi connectivity index (χ1v) is 10.6. The molecule has 1 aliphatic rings. The topological polar surface area (TPSA) is 124 Å². The van der Waals surface area contributed by atoms with Crippen LogP contribution in [0.3, 0.4) is 0 Å². The third-order valence-corrected chi connectivity index (χ3v) is 5.83. The molecule has 4 rings (SSSR count). The molecule has 1 N–H and O–H groups in total. The average molecular weight is 426 g/mol. The number of aliphatic imine (C=N–C) groups is 1. The minimum Gasteiger partial charge on any atom is -0.451 e. The molecule has 0 amide bonds. The van der Waals surface area contributed by atoms with Crippen molar-refractivity contribution >= 4 is 21.8 Å². The van der Waals surface area contributed by atoms with E-state index in [1.54, 1.807) is 25.1 Å². The molecule has 0 spiro atoms. The van der Waals surface area contributed by atoms with Gasteiger partial charge in [0.25, 0.3) is 15.9 Å². The summed E-state index contributed by atoms with van der Waals surface area (Å²) < 4.78 is 37.7. The van der Waals surface area contributed by atoms with Gasteiger partial charge in [0.15, 0.2) is 6.10 Å². The van der Waals surface area contributed by atoms with Crippen LogP contribution in [-0.2, 0) is 19.6 Å². The van der Waals surface area contributed by atoms with Crippen LogP contribution >= 0.6 is 0 Å². The van der Waals surface area contributed by atoms with Crippen molar-refractivity contribution in [3.63, 3.8) is 0 Å². The number of carbonyl (C=O) groups is 1. The maximum atomic E-state index is 12.5. The van der Waals surface area contributed by atoms with Crippen molar-refractivity contribution in [3.8, 4) is 11.5 Å². The summed E-state index contributed by atoms with van der Waals surface area (Å²) >= 11 is 0. The SMILES string of the molecule is CC(N=C1NS(=O)(=O)c2ccccc21)C(=O)OC(C)c1nnc(-c2ccccc2)o1. The Hall–Kier alpha value is -3.53. The Morgan fingerprint density at radius 3 is 2.53 bits per heavy atom. The molecule has 0 saturated heterocycles. The molecule has 154 valence electrons. The Morgan fingerprint density at radius 1 is 1.07 bits per heavy atom. The Morgan fingerprint density at radius 2 is 1.77 bits per heavy atom. The van der Waals surface area contributed by atoms with Crippen LogP contribution in [0.5, 0.6) is 0 Å². The summed E-state index contributed by atoms with van der Waals surface area (Å²) in [7, 11) is -3.68. The summed E-state index contributed by atoms with van der Waals surface area (Å²) in [5.74, 6) is -0.0855. The highest BCUT2D eigenvalue weighted by molar-refractivity contribution is 7.90. The summed E-state index contributed by atoms with van der Waals surface area (Å²) in [6.45, 7) is 3.12. The lowest BCUT2D eigenvalue weighted by molar-refractivity contribution is -0.150. The second-order valence-corrected chi connectivity index (χ2v) is 8.30. The van der Waals surface area contributed by atoms with Gasteiger partial charge in [-0.15, -0.1) is 10.2 Å². The molecule has 1 aliphatic heterocycles. The van der Waals surface area contributed by atoms with Crippen LogP contribution in [0.15, 0.2) is 68.9 Å². The molecule has 30 heavy (non-hydrogen) atoms. The minimum absolute atomic E-state index is 0.104. The van der Waals surface area contributed by atoms with E-state index >= 15 is 0 Å². The zero-order valence-electron chi connectivity index (χ0n) is 16.1. The van der Waals surface area contributed by atoms with E-state index in [1.807, 2.05) is 30.3 Å². The molecule has 0 radical (unpaired) electrons. The first-order chi connectivity index (χ1) is 14.3. The third kappa shape index (κ3) is 3.81. The number of benzene rings is 2. The van der Waals surface area contributed by atoms with Crippen LogP contribution in [0, 0.1) is 0 Å². The van der Waals surface area contributed by atoms with E-state index in [1.165, 1.54) is 13.0 Å². The lowest BCUT2D eigenvalue weighted by Gasteiger charge is -2.12. The van der Waals surface area contributed by atoms with E-state index in [2.05, 4.69) is 19.9 Å². The predicted octanol–water partition coefficient (Wildman–Crippen LogP) is 2.47. The summed E-state index contributed by atoms with van der Waals surface area (Å²) in [5, 5.41) is 7.91. The van der Waals surface area contributed by atoms with Crippen LogP contribution in [0.4, 0.5) is 0 Å². The van der Waals surface area contributed by atoms with Gasteiger partial charge < -0.3 is 9.15 Å². The number of nitrogens with zero attached hydrogens (tertiary/aromatic N) is 3. The number of sulfonamides is 1. The second kappa shape index (κ2) is 7.71. The highest BCUT2D eigenvalue weighted by Gasteiger charge is 2.31. The quantitative estimate of drug-likeness (QED) is 0.622. The number of carbonyl (C=O) groups excluding carboxylic acids is 1. The maximum absolute atomic E-state index is 12.5. The lowest BCUT2D eigenvalue weighted by Crippen LogP contribution is -2.27. The van der Waals surface area contributed by atoms with Gasteiger partial charge in [0.2, 0.25) is 5.89 Å². The van der Waals surface area contributed by atoms with Gasteiger partial charge >= 0.3 is 5.97 Å². The van der Waals surface area contributed by atoms with Crippen molar-refractivity contribution in [1.82, 2.24) is 14.9 Å². The molecule has 2 aromatic carbocycles. The zero-order chi connectivity index (χ0) is 21.3. The minimum atomic E-state index is -3.68. The number of hydrogen-bond acceptors (Lipinski definition) is 8. The van der Waals surface area contributed by atoms with Gasteiger partial charge in [-0.25, -0.2) is 13.2 Å². The largest absolute Gasteiger partial charge is 0.451 e. The maximum Gasteiger partial charge on any atom is 0.331 e. The monoisotopic (exact) mass is 426 g/mol. The van der Waals surface area contributed by atoms with Gasteiger partial charge in [0.1, 0.15) is 11.9 Å². The van der Waals surface area contributed by atoms with E-state index < -0.39 is 28.1 Å². The second-order valence-electron chi connectivity index (χ2n) is 6.65. The molecule has 2 unspecified atom stereocenters. The fraction of sp³-hybridized carbons (Fsp3) is 0.200. The molecule has 3 aromatic rings.